The van der Waals surface area contributed by atoms with E-state index in [1.54, 1.807) is 19.1 Å². The third-order valence-electron chi connectivity index (χ3n) is 5.78. The van der Waals surface area contributed by atoms with Crippen LogP contribution in [0.25, 0.3) is 10.8 Å². The molecule has 1 fully saturated rings. The minimum atomic E-state index is -1.01. The minimum absolute atomic E-state index is 0.00295. The number of amides is 2. The van der Waals surface area contributed by atoms with Crippen LogP contribution in [-0.4, -0.2) is 53.2 Å². The predicted octanol–water partition coefficient (Wildman–Crippen LogP) is 5.81. The Hall–Kier alpha value is -3.29. The maximum absolute atomic E-state index is 12.2. The van der Waals surface area contributed by atoms with Crippen LogP contribution in [0.5, 0.6) is 0 Å². The lowest BCUT2D eigenvalue weighted by molar-refractivity contribution is -0.145. The average Bonchev–Trinajstić information content (AvgIpc) is 2.83. The SMILES string of the molecule is CC(COC(=O)c1ccc2ccccc2c1)NC(=O)N1CC[C@H]1C(=O)O.CCc1ccc(Cl)c(Cl)c1. The van der Waals surface area contributed by atoms with Gasteiger partial charge in [0.1, 0.15) is 12.6 Å². The topological polar surface area (TPSA) is 95.9 Å². The number of likely N-dealkylation sites (tertiary alicyclic amines) is 1. The lowest BCUT2D eigenvalue weighted by Crippen LogP contribution is -2.59. The zero-order valence-corrected chi connectivity index (χ0v) is 21.6. The molecule has 0 spiro atoms. The first-order chi connectivity index (χ1) is 17.2. The van der Waals surface area contributed by atoms with Gasteiger partial charge in [0.2, 0.25) is 0 Å². The number of ether oxygens (including phenoxy) is 1. The molecule has 1 aliphatic heterocycles. The van der Waals surface area contributed by atoms with E-state index in [-0.39, 0.29) is 6.61 Å². The summed E-state index contributed by atoms with van der Waals surface area (Å²) in [6.07, 6.45) is 1.45. The first kappa shape index (κ1) is 27.3. The number of carbonyl (C=O) groups excluding carboxylic acids is 2. The molecule has 0 bridgehead atoms. The van der Waals surface area contributed by atoms with Gasteiger partial charge in [-0.05, 0) is 60.4 Å². The molecular formula is C27H28Cl2N2O5. The summed E-state index contributed by atoms with van der Waals surface area (Å²) in [5, 5.41) is 14.9. The van der Waals surface area contributed by atoms with E-state index in [1.807, 2.05) is 48.5 Å². The summed E-state index contributed by atoms with van der Waals surface area (Å²) in [6.45, 7) is 4.19. The maximum atomic E-state index is 12.2. The summed E-state index contributed by atoms with van der Waals surface area (Å²) in [7, 11) is 0. The van der Waals surface area contributed by atoms with Crippen LogP contribution in [0.4, 0.5) is 4.79 Å². The maximum Gasteiger partial charge on any atom is 0.338 e. The fourth-order valence-corrected chi connectivity index (χ4v) is 3.90. The largest absolute Gasteiger partial charge is 0.480 e. The zero-order valence-electron chi connectivity index (χ0n) is 20.0. The molecule has 7 nitrogen and oxygen atoms in total. The number of hydrogen-bond acceptors (Lipinski definition) is 4. The number of halogens is 2. The van der Waals surface area contributed by atoms with Gasteiger partial charge in [-0.15, -0.1) is 0 Å². The summed E-state index contributed by atoms with van der Waals surface area (Å²) < 4.78 is 5.26. The van der Waals surface area contributed by atoms with Crippen molar-refractivity contribution in [2.24, 2.45) is 0 Å². The number of fused-ring (bicyclic) bond motifs is 1. The molecule has 1 saturated heterocycles. The third-order valence-corrected chi connectivity index (χ3v) is 6.52. The van der Waals surface area contributed by atoms with E-state index in [1.165, 1.54) is 10.5 Å². The van der Waals surface area contributed by atoms with Gasteiger partial charge < -0.3 is 20.1 Å². The number of carbonyl (C=O) groups is 3. The van der Waals surface area contributed by atoms with Gasteiger partial charge in [-0.2, -0.15) is 0 Å². The van der Waals surface area contributed by atoms with Crippen LogP contribution in [0.2, 0.25) is 10.0 Å². The Kier molecular flexibility index (Phi) is 9.56. The second kappa shape index (κ2) is 12.6. The van der Waals surface area contributed by atoms with Gasteiger partial charge in [0.25, 0.3) is 0 Å². The molecule has 3 aromatic rings. The molecule has 1 heterocycles. The molecule has 3 aromatic carbocycles. The molecule has 2 atom stereocenters. The quantitative estimate of drug-likeness (QED) is 0.392. The summed E-state index contributed by atoms with van der Waals surface area (Å²) in [5.41, 5.74) is 1.66. The third kappa shape index (κ3) is 7.12. The van der Waals surface area contributed by atoms with Crippen molar-refractivity contribution in [1.82, 2.24) is 10.2 Å². The number of carboxylic acid groups (broad SMARTS) is 1. The Labute approximate surface area is 219 Å². The molecule has 9 heteroatoms. The van der Waals surface area contributed by atoms with Crippen molar-refractivity contribution in [3.05, 3.63) is 81.8 Å². The molecule has 2 amide bonds. The van der Waals surface area contributed by atoms with Crippen molar-refractivity contribution in [3.63, 3.8) is 0 Å². The molecule has 1 aliphatic rings. The van der Waals surface area contributed by atoms with E-state index in [4.69, 9.17) is 33.0 Å². The molecule has 1 unspecified atom stereocenters. The van der Waals surface area contributed by atoms with Gasteiger partial charge in [0, 0.05) is 6.54 Å². The van der Waals surface area contributed by atoms with Crippen LogP contribution < -0.4 is 5.32 Å². The van der Waals surface area contributed by atoms with E-state index in [9.17, 15) is 14.4 Å². The van der Waals surface area contributed by atoms with Gasteiger partial charge in [-0.25, -0.2) is 14.4 Å². The summed E-state index contributed by atoms with van der Waals surface area (Å²) in [6, 6.07) is 17.1. The van der Waals surface area contributed by atoms with Gasteiger partial charge in [-0.1, -0.05) is 66.5 Å². The van der Waals surface area contributed by atoms with E-state index < -0.39 is 30.1 Å². The lowest BCUT2D eigenvalue weighted by atomic mass is 10.0. The fourth-order valence-electron chi connectivity index (χ4n) is 3.58. The molecule has 0 saturated carbocycles. The van der Waals surface area contributed by atoms with E-state index >= 15 is 0 Å². The monoisotopic (exact) mass is 530 g/mol. The zero-order chi connectivity index (χ0) is 26.2. The first-order valence-corrected chi connectivity index (χ1v) is 12.3. The van der Waals surface area contributed by atoms with Crippen molar-refractivity contribution in [2.45, 2.75) is 38.8 Å². The van der Waals surface area contributed by atoms with Gasteiger partial charge >= 0.3 is 18.0 Å². The minimum Gasteiger partial charge on any atom is -0.480 e. The van der Waals surface area contributed by atoms with Crippen molar-refractivity contribution in [1.29, 1.82) is 0 Å². The highest BCUT2D eigenvalue weighted by Gasteiger charge is 2.37. The number of aryl methyl sites for hydroxylation is 1. The summed E-state index contributed by atoms with van der Waals surface area (Å²) in [4.78, 5) is 36.4. The Balaban J connectivity index is 0.000000303. The highest BCUT2D eigenvalue weighted by molar-refractivity contribution is 6.42. The van der Waals surface area contributed by atoms with Gasteiger partial charge in [0.05, 0.1) is 21.7 Å². The summed E-state index contributed by atoms with van der Waals surface area (Å²) >= 11 is 11.5. The second-order valence-corrected chi connectivity index (χ2v) is 9.26. The number of hydrogen-bond donors (Lipinski definition) is 2. The lowest BCUT2D eigenvalue weighted by Gasteiger charge is -2.38. The molecule has 0 aromatic heterocycles. The molecular weight excluding hydrogens is 503 g/mol. The average molecular weight is 531 g/mol. The van der Waals surface area contributed by atoms with E-state index in [0.717, 1.165) is 17.2 Å². The van der Waals surface area contributed by atoms with Crippen molar-refractivity contribution in [2.75, 3.05) is 13.2 Å². The van der Waals surface area contributed by atoms with Crippen LogP contribution >= 0.6 is 23.2 Å². The number of carboxylic acids is 1. The van der Waals surface area contributed by atoms with Crippen molar-refractivity contribution >= 4 is 51.9 Å². The van der Waals surface area contributed by atoms with Crippen LogP contribution in [-0.2, 0) is 16.0 Å². The Bertz CT molecular complexity index is 1250. The number of benzene rings is 3. The standard InChI is InChI=1S/C19H20N2O5.C8H8Cl2/c1-12(20-19(25)21-9-8-16(21)17(22)23)11-26-18(24)15-7-6-13-4-2-3-5-14(13)10-15;1-2-6-3-4-7(9)8(10)5-6/h2-7,10,12,16H,8-9,11H2,1H3,(H,20,25)(H,22,23);3-5H,2H2,1H3/t12?,16-;/m0./s1. The molecule has 36 heavy (non-hydrogen) atoms. The number of aliphatic carboxylic acids is 1. The highest BCUT2D eigenvalue weighted by atomic mass is 35.5. The van der Waals surface area contributed by atoms with Crippen molar-refractivity contribution in [3.8, 4) is 0 Å². The summed E-state index contributed by atoms with van der Waals surface area (Å²) in [5.74, 6) is -1.48. The number of urea groups is 1. The Morgan fingerprint density at radius 1 is 1.06 bits per heavy atom. The molecule has 2 N–H and O–H groups in total. The molecule has 190 valence electrons. The number of nitrogens with zero attached hydrogens (tertiary/aromatic N) is 1. The van der Waals surface area contributed by atoms with Crippen LogP contribution in [0.3, 0.4) is 0 Å². The van der Waals surface area contributed by atoms with Crippen LogP contribution in [0.1, 0.15) is 36.2 Å². The molecule has 0 radical (unpaired) electrons. The van der Waals surface area contributed by atoms with Crippen LogP contribution in [0.15, 0.2) is 60.7 Å². The molecule has 0 aliphatic carbocycles. The normalized spacial score (nSPS) is 15.2. The Morgan fingerprint density at radius 2 is 1.78 bits per heavy atom. The van der Waals surface area contributed by atoms with Crippen molar-refractivity contribution < 1.29 is 24.2 Å². The van der Waals surface area contributed by atoms with Crippen LogP contribution in [0, 0.1) is 0 Å². The van der Waals surface area contributed by atoms with Gasteiger partial charge in [0.15, 0.2) is 0 Å². The van der Waals surface area contributed by atoms with E-state index in [0.29, 0.717) is 28.6 Å². The first-order valence-electron chi connectivity index (χ1n) is 11.6. The molecule has 4 rings (SSSR count). The fraction of sp³-hybridized carbons (Fsp3) is 0.296. The Morgan fingerprint density at radius 3 is 2.39 bits per heavy atom. The number of esters is 1. The number of nitrogens with one attached hydrogen (secondary N) is 1. The second-order valence-electron chi connectivity index (χ2n) is 8.45. The predicted molar refractivity (Wildman–Crippen MR) is 141 cm³/mol. The van der Waals surface area contributed by atoms with E-state index in [2.05, 4.69) is 12.2 Å². The highest BCUT2D eigenvalue weighted by Crippen LogP contribution is 2.22. The van der Waals surface area contributed by atoms with Gasteiger partial charge in [-0.3, -0.25) is 0 Å². The number of rotatable bonds is 6. The smallest absolute Gasteiger partial charge is 0.338 e.